The molecule has 0 aliphatic carbocycles. The molecule has 0 aliphatic rings. The third-order valence-corrected chi connectivity index (χ3v) is 4.80. The average Bonchev–Trinajstić information content (AvgIpc) is 2.65. The van der Waals surface area contributed by atoms with Crippen LogP contribution in [0.25, 0.3) is 0 Å². The van der Waals surface area contributed by atoms with Gasteiger partial charge in [-0.25, -0.2) is 0 Å². The van der Waals surface area contributed by atoms with Gasteiger partial charge in [-0.3, -0.25) is 0 Å². The van der Waals surface area contributed by atoms with E-state index in [1.165, 1.54) is 64.2 Å². The van der Waals surface area contributed by atoms with E-state index in [4.69, 9.17) is 9.47 Å². The summed E-state index contributed by atoms with van der Waals surface area (Å²) in [6, 6.07) is 0. The second-order valence-electron chi connectivity index (χ2n) is 6.87. The maximum atomic E-state index is 5.99. The van der Waals surface area contributed by atoms with Crippen molar-refractivity contribution in [3.05, 3.63) is 24.3 Å². The molecule has 26 heavy (non-hydrogen) atoms. The minimum Gasteiger partial charge on any atom is -0.352 e. The molecule has 0 radical (unpaired) electrons. The van der Waals surface area contributed by atoms with Crippen molar-refractivity contribution in [2.45, 2.75) is 104 Å². The fraction of sp³-hybridized carbons (Fsp3) is 0.826. The van der Waals surface area contributed by atoms with E-state index in [-0.39, 0.29) is 6.29 Å². The highest BCUT2D eigenvalue weighted by Crippen LogP contribution is 2.13. The summed E-state index contributed by atoms with van der Waals surface area (Å²) in [5, 5.41) is 1.14. The van der Waals surface area contributed by atoms with Gasteiger partial charge >= 0.3 is 0 Å². The van der Waals surface area contributed by atoms with E-state index in [1.54, 1.807) is 0 Å². The number of hydrogen-bond donors (Lipinski definition) is 0. The number of hydrogen-bond acceptors (Lipinski definition) is 2. The molecular weight excluding hydrogens is 388 g/mol. The molecule has 0 rings (SSSR count). The number of alkyl halides is 1. The third-order valence-electron chi connectivity index (χ3n) is 4.24. The summed E-state index contributed by atoms with van der Waals surface area (Å²) in [7, 11) is 0. The van der Waals surface area contributed by atoms with Gasteiger partial charge < -0.3 is 9.47 Å². The summed E-state index contributed by atoms with van der Waals surface area (Å²) in [6.07, 6.45) is 24.5. The van der Waals surface area contributed by atoms with Crippen LogP contribution in [0.15, 0.2) is 24.3 Å². The van der Waals surface area contributed by atoms with Crippen LogP contribution >= 0.6 is 15.9 Å². The number of halogens is 1. The Morgan fingerprint density at radius 2 is 1.12 bits per heavy atom. The van der Waals surface area contributed by atoms with Gasteiger partial charge in [-0.2, -0.15) is 0 Å². The summed E-state index contributed by atoms with van der Waals surface area (Å²) in [5.74, 6) is 0. The SMILES string of the molecule is CCC/C=C\CCOC(CCCCCCCCBr)OCC/C=C\CCC. The Morgan fingerprint density at radius 1 is 0.654 bits per heavy atom. The van der Waals surface area contributed by atoms with Crippen LogP contribution in [0.1, 0.15) is 97.3 Å². The van der Waals surface area contributed by atoms with E-state index in [2.05, 4.69) is 54.1 Å². The Hall–Kier alpha value is -0.120. The molecule has 0 saturated heterocycles. The molecule has 0 unspecified atom stereocenters. The van der Waals surface area contributed by atoms with Crippen molar-refractivity contribution in [1.82, 2.24) is 0 Å². The van der Waals surface area contributed by atoms with Crippen molar-refractivity contribution in [3.8, 4) is 0 Å². The fourth-order valence-electron chi connectivity index (χ4n) is 2.67. The van der Waals surface area contributed by atoms with Gasteiger partial charge in [0.1, 0.15) is 0 Å². The Kier molecular flexibility index (Phi) is 22.8. The van der Waals surface area contributed by atoms with E-state index in [1.807, 2.05) is 0 Å². The highest BCUT2D eigenvalue weighted by molar-refractivity contribution is 9.09. The lowest BCUT2D eigenvalue weighted by atomic mass is 10.1. The van der Waals surface area contributed by atoms with Gasteiger partial charge in [0.25, 0.3) is 0 Å². The van der Waals surface area contributed by atoms with Crippen molar-refractivity contribution in [3.63, 3.8) is 0 Å². The highest BCUT2D eigenvalue weighted by atomic mass is 79.9. The molecule has 0 saturated carbocycles. The van der Waals surface area contributed by atoms with Crippen LogP contribution in [-0.2, 0) is 9.47 Å². The molecular formula is C23H43BrO2. The van der Waals surface area contributed by atoms with Crippen LogP contribution in [0, 0.1) is 0 Å². The van der Waals surface area contributed by atoms with Crippen LogP contribution < -0.4 is 0 Å². The molecule has 0 fully saturated rings. The first-order chi connectivity index (χ1) is 12.8. The van der Waals surface area contributed by atoms with Crippen LogP contribution in [0.3, 0.4) is 0 Å². The first-order valence-corrected chi connectivity index (χ1v) is 12.1. The number of rotatable bonds is 20. The molecule has 0 amide bonds. The number of allylic oxidation sites excluding steroid dienone is 2. The lowest BCUT2D eigenvalue weighted by molar-refractivity contribution is -0.144. The zero-order valence-corrected chi connectivity index (χ0v) is 19.0. The standard InChI is InChI=1S/C23H43BrO2/c1-3-5-7-13-17-21-25-23(26-22-18-14-8-6-4-2)19-15-11-9-10-12-16-20-24/h7-8,13-14,23H,3-6,9-12,15-22H2,1-2H3/b13-7-,14-8-. The van der Waals surface area contributed by atoms with Crippen molar-refractivity contribution in [1.29, 1.82) is 0 Å². The molecule has 0 aromatic carbocycles. The quantitative estimate of drug-likeness (QED) is 0.0842. The van der Waals surface area contributed by atoms with Crippen molar-refractivity contribution in [2.24, 2.45) is 0 Å². The minimum absolute atomic E-state index is 0.0308. The molecule has 0 N–H and O–H groups in total. The molecule has 0 aromatic rings. The lowest BCUT2D eigenvalue weighted by Crippen LogP contribution is -2.18. The topological polar surface area (TPSA) is 18.5 Å². The molecule has 0 aliphatic heterocycles. The summed E-state index contributed by atoms with van der Waals surface area (Å²) in [5.41, 5.74) is 0. The second-order valence-corrected chi connectivity index (χ2v) is 7.66. The summed E-state index contributed by atoms with van der Waals surface area (Å²) in [4.78, 5) is 0. The zero-order chi connectivity index (χ0) is 19.1. The monoisotopic (exact) mass is 430 g/mol. The van der Waals surface area contributed by atoms with E-state index in [0.717, 1.165) is 37.8 Å². The summed E-state index contributed by atoms with van der Waals surface area (Å²) < 4.78 is 12.0. The Bertz CT molecular complexity index is 293. The molecule has 0 spiro atoms. The summed E-state index contributed by atoms with van der Waals surface area (Å²) in [6.45, 7) is 5.95. The fourth-order valence-corrected chi connectivity index (χ4v) is 3.06. The van der Waals surface area contributed by atoms with E-state index < -0.39 is 0 Å². The van der Waals surface area contributed by atoms with Gasteiger partial charge in [0.05, 0.1) is 13.2 Å². The van der Waals surface area contributed by atoms with Gasteiger partial charge in [-0.05, 0) is 44.9 Å². The first kappa shape index (κ1) is 25.9. The molecule has 154 valence electrons. The Morgan fingerprint density at radius 3 is 1.62 bits per heavy atom. The molecule has 2 nitrogen and oxygen atoms in total. The van der Waals surface area contributed by atoms with E-state index in [9.17, 15) is 0 Å². The predicted octanol–water partition coefficient (Wildman–Crippen LogP) is 7.96. The highest BCUT2D eigenvalue weighted by Gasteiger charge is 2.08. The van der Waals surface area contributed by atoms with Crippen molar-refractivity contribution >= 4 is 15.9 Å². The molecule has 0 aromatic heterocycles. The van der Waals surface area contributed by atoms with E-state index in [0.29, 0.717) is 0 Å². The van der Waals surface area contributed by atoms with Crippen LogP contribution in [0.5, 0.6) is 0 Å². The Balaban J connectivity index is 3.91. The van der Waals surface area contributed by atoms with Gasteiger partial charge in [0.2, 0.25) is 0 Å². The predicted molar refractivity (Wildman–Crippen MR) is 119 cm³/mol. The second kappa shape index (κ2) is 22.9. The Labute approximate surface area is 171 Å². The van der Waals surface area contributed by atoms with Gasteiger partial charge in [-0.15, -0.1) is 0 Å². The van der Waals surface area contributed by atoms with Gasteiger partial charge in [0.15, 0.2) is 6.29 Å². The molecule has 0 heterocycles. The van der Waals surface area contributed by atoms with Crippen LogP contribution in [0.2, 0.25) is 0 Å². The van der Waals surface area contributed by atoms with Crippen molar-refractivity contribution in [2.75, 3.05) is 18.5 Å². The van der Waals surface area contributed by atoms with Gasteiger partial charge in [0, 0.05) is 5.33 Å². The van der Waals surface area contributed by atoms with Crippen LogP contribution in [-0.4, -0.2) is 24.8 Å². The molecule has 3 heteroatoms. The third kappa shape index (κ3) is 20.2. The number of ether oxygens (including phenoxy) is 2. The minimum atomic E-state index is -0.0308. The zero-order valence-electron chi connectivity index (χ0n) is 17.4. The largest absolute Gasteiger partial charge is 0.352 e. The van der Waals surface area contributed by atoms with Crippen molar-refractivity contribution < 1.29 is 9.47 Å². The summed E-state index contributed by atoms with van der Waals surface area (Å²) >= 11 is 3.50. The maximum Gasteiger partial charge on any atom is 0.157 e. The normalized spacial score (nSPS) is 12.2. The average molecular weight is 431 g/mol. The maximum absolute atomic E-state index is 5.99. The molecule has 0 atom stereocenters. The van der Waals surface area contributed by atoms with Gasteiger partial charge in [-0.1, -0.05) is 92.6 Å². The van der Waals surface area contributed by atoms with E-state index >= 15 is 0 Å². The first-order valence-electron chi connectivity index (χ1n) is 10.9. The lowest BCUT2D eigenvalue weighted by Gasteiger charge is -2.18. The van der Waals surface area contributed by atoms with Crippen LogP contribution in [0.4, 0.5) is 0 Å². The smallest absolute Gasteiger partial charge is 0.157 e. The molecule has 0 bridgehead atoms. The number of unbranched alkanes of at least 4 members (excludes halogenated alkanes) is 7.